The van der Waals surface area contributed by atoms with E-state index in [1.54, 1.807) is 19.2 Å². The number of hydrogen-bond donors (Lipinski definition) is 1. The maximum Gasteiger partial charge on any atom is 0.269 e. The Hall–Kier alpha value is -2.12. The Kier molecular flexibility index (Phi) is 9.94. The number of nitrogens with zero attached hydrogens (tertiary/aromatic N) is 1. The van der Waals surface area contributed by atoms with Crippen molar-refractivity contribution in [3.63, 3.8) is 0 Å². The molecule has 0 saturated heterocycles. The predicted molar refractivity (Wildman–Crippen MR) is 119 cm³/mol. The molecule has 7 heteroatoms. The Balaban J connectivity index is 1.90. The molecule has 2 rings (SSSR count). The fourth-order valence-corrected chi connectivity index (χ4v) is 3.40. The molecule has 0 unspecified atom stereocenters. The van der Waals surface area contributed by atoms with Gasteiger partial charge in [-0.1, -0.05) is 48.5 Å². The van der Waals surface area contributed by atoms with E-state index in [1.807, 2.05) is 12.1 Å². The van der Waals surface area contributed by atoms with Crippen LogP contribution in [0, 0.1) is 10.1 Å². The number of non-ortho nitro benzene ring substituents is 1. The van der Waals surface area contributed by atoms with Gasteiger partial charge in [0.25, 0.3) is 5.69 Å². The second kappa shape index (κ2) is 12.4. The van der Waals surface area contributed by atoms with E-state index in [1.165, 1.54) is 44.2 Å². The lowest BCUT2D eigenvalue weighted by atomic mass is 10.1. The molecule has 0 heterocycles. The average Bonchev–Trinajstić information content (AvgIpc) is 2.72. The molecule has 0 aliphatic carbocycles. The SMILES string of the molecule is CCCCCCCNCc1cc(OC)c(OCc2ccc([N+](=O)[O-])cc2)cc1Br. The zero-order valence-electron chi connectivity index (χ0n) is 17.1. The van der Waals surface area contributed by atoms with Crippen LogP contribution < -0.4 is 14.8 Å². The van der Waals surface area contributed by atoms with Crippen molar-refractivity contribution < 1.29 is 14.4 Å². The summed E-state index contributed by atoms with van der Waals surface area (Å²) in [6.45, 7) is 4.28. The van der Waals surface area contributed by atoms with Gasteiger partial charge in [0.1, 0.15) is 6.61 Å². The average molecular weight is 465 g/mol. The predicted octanol–water partition coefficient (Wildman–Crippen LogP) is 6.00. The minimum Gasteiger partial charge on any atom is -0.493 e. The monoisotopic (exact) mass is 464 g/mol. The van der Waals surface area contributed by atoms with Crippen molar-refractivity contribution >= 4 is 21.6 Å². The van der Waals surface area contributed by atoms with E-state index in [0.717, 1.165) is 28.7 Å². The first-order chi connectivity index (χ1) is 14.0. The molecule has 2 aromatic rings. The highest BCUT2D eigenvalue weighted by Crippen LogP contribution is 2.34. The van der Waals surface area contributed by atoms with Crippen LogP contribution in [-0.4, -0.2) is 18.6 Å². The number of benzene rings is 2. The van der Waals surface area contributed by atoms with Gasteiger partial charge >= 0.3 is 0 Å². The largest absolute Gasteiger partial charge is 0.493 e. The van der Waals surface area contributed by atoms with Crippen molar-refractivity contribution in [2.75, 3.05) is 13.7 Å². The summed E-state index contributed by atoms with van der Waals surface area (Å²) >= 11 is 3.62. The van der Waals surface area contributed by atoms with Gasteiger partial charge in [0.05, 0.1) is 12.0 Å². The molecule has 29 heavy (non-hydrogen) atoms. The summed E-state index contributed by atoms with van der Waals surface area (Å²) in [4.78, 5) is 10.3. The van der Waals surface area contributed by atoms with Crippen molar-refractivity contribution in [3.05, 3.63) is 62.1 Å². The van der Waals surface area contributed by atoms with Crippen LogP contribution in [0.2, 0.25) is 0 Å². The molecule has 0 bridgehead atoms. The summed E-state index contributed by atoms with van der Waals surface area (Å²) in [7, 11) is 1.62. The number of hydrogen-bond acceptors (Lipinski definition) is 5. The molecule has 0 aliphatic heterocycles. The van der Waals surface area contributed by atoms with Crippen molar-refractivity contribution in [3.8, 4) is 11.5 Å². The molecule has 6 nitrogen and oxygen atoms in total. The standard InChI is InChI=1S/C22H29BrN2O4/c1-3-4-5-6-7-12-24-15-18-13-21(28-2)22(14-20(18)23)29-16-17-8-10-19(11-9-17)25(26)27/h8-11,13-14,24H,3-7,12,15-16H2,1-2H3. The van der Waals surface area contributed by atoms with E-state index in [2.05, 4.69) is 28.2 Å². The second-order valence-corrected chi connectivity index (χ2v) is 7.75. The quantitative estimate of drug-likeness (QED) is 0.223. The molecule has 0 aliphatic rings. The van der Waals surface area contributed by atoms with Crippen molar-refractivity contribution in [1.82, 2.24) is 5.32 Å². The van der Waals surface area contributed by atoms with Crippen LogP contribution in [0.5, 0.6) is 11.5 Å². The Labute approximate surface area is 180 Å². The molecule has 0 spiro atoms. The summed E-state index contributed by atoms with van der Waals surface area (Å²) < 4.78 is 12.3. The highest BCUT2D eigenvalue weighted by Gasteiger charge is 2.11. The lowest BCUT2D eigenvalue weighted by molar-refractivity contribution is -0.384. The van der Waals surface area contributed by atoms with Gasteiger partial charge in [0, 0.05) is 23.2 Å². The third-order valence-electron chi connectivity index (χ3n) is 4.65. The van der Waals surface area contributed by atoms with Gasteiger partial charge in [-0.15, -0.1) is 0 Å². The van der Waals surface area contributed by atoms with Crippen LogP contribution in [0.3, 0.4) is 0 Å². The Bertz CT molecular complexity index is 781. The van der Waals surface area contributed by atoms with Gasteiger partial charge in [0.15, 0.2) is 11.5 Å². The van der Waals surface area contributed by atoms with Crippen LogP contribution in [0.25, 0.3) is 0 Å². The lowest BCUT2D eigenvalue weighted by Gasteiger charge is -2.14. The molecule has 158 valence electrons. The molecule has 2 aromatic carbocycles. The van der Waals surface area contributed by atoms with Crippen LogP contribution >= 0.6 is 15.9 Å². The molecule has 0 fully saturated rings. The number of rotatable bonds is 13. The third kappa shape index (κ3) is 7.66. The number of unbranched alkanes of at least 4 members (excludes halogenated alkanes) is 4. The summed E-state index contributed by atoms with van der Waals surface area (Å²) in [5, 5.41) is 14.2. The number of nitrogens with one attached hydrogen (secondary N) is 1. The number of nitro benzene ring substituents is 1. The van der Waals surface area contributed by atoms with Crippen LogP contribution in [0.1, 0.15) is 50.2 Å². The smallest absolute Gasteiger partial charge is 0.269 e. The van der Waals surface area contributed by atoms with E-state index >= 15 is 0 Å². The highest BCUT2D eigenvalue weighted by molar-refractivity contribution is 9.10. The molecule has 1 N–H and O–H groups in total. The first-order valence-corrected chi connectivity index (χ1v) is 10.8. The number of nitro groups is 1. The zero-order chi connectivity index (χ0) is 21.1. The molecule has 0 atom stereocenters. The molecular weight excluding hydrogens is 436 g/mol. The van der Waals surface area contributed by atoms with E-state index in [-0.39, 0.29) is 5.69 Å². The van der Waals surface area contributed by atoms with E-state index in [0.29, 0.717) is 18.1 Å². The van der Waals surface area contributed by atoms with E-state index in [9.17, 15) is 10.1 Å². The first kappa shape index (κ1) is 23.2. The zero-order valence-corrected chi connectivity index (χ0v) is 18.7. The number of methoxy groups -OCH3 is 1. The minimum atomic E-state index is -0.414. The van der Waals surface area contributed by atoms with Gasteiger partial charge in [-0.2, -0.15) is 0 Å². The molecule has 0 saturated carbocycles. The fraction of sp³-hybridized carbons (Fsp3) is 0.455. The summed E-state index contributed by atoms with van der Waals surface area (Å²) in [5.74, 6) is 1.29. The fourth-order valence-electron chi connectivity index (χ4n) is 2.94. The van der Waals surface area contributed by atoms with Gasteiger partial charge < -0.3 is 14.8 Å². The number of ether oxygens (including phenoxy) is 2. The second-order valence-electron chi connectivity index (χ2n) is 6.90. The number of halogens is 1. The van der Waals surface area contributed by atoms with Crippen molar-refractivity contribution in [2.24, 2.45) is 0 Å². The maximum absolute atomic E-state index is 10.7. The Morgan fingerprint density at radius 3 is 2.45 bits per heavy atom. The topological polar surface area (TPSA) is 73.6 Å². The normalized spacial score (nSPS) is 10.7. The van der Waals surface area contributed by atoms with E-state index < -0.39 is 4.92 Å². The Morgan fingerprint density at radius 2 is 1.79 bits per heavy atom. The summed E-state index contributed by atoms with van der Waals surface area (Å²) in [5.41, 5.74) is 2.02. The third-order valence-corrected chi connectivity index (χ3v) is 5.38. The summed E-state index contributed by atoms with van der Waals surface area (Å²) in [6, 6.07) is 10.2. The highest BCUT2D eigenvalue weighted by atomic mass is 79.9. The Morgan fingerprint density at radius 1 is 1.07 bits per heavy atom. The van der Waals surface area contributed by atoms with Crippen molar-refractivity contribution in [2.45, 2.75) is 52.2 Å². The molecule has 0 amide bonds. The van der Waals surface area contributed by atoms with Gasteiger partial charge in [-0.3, -0.25) is 10.1 Å². The van der Waals surface area contributed by atoms with Crippen LogP contribution in [-0.2, 0) is 13.2 Å². The molecule has 0 radical (unpaired) electrons. The van der Waals surface area contributed by atoms with Crippen LogP contribution in [0.4, 0.5) is 5.69 Å². The van der Waals surface area contributed by atoms with Gasteiger partial charge in [-0.05, 0) is 48.4 Å². The minimum absolute atomic E-state index is 0.0660. The van der Waals surface area contributed by atoms with Gasteiger partial charge in [-0.25, -0.2) is 0 Å². The van der Waals surface area contributed by atoms with Gasteiger partial charge in [0.2, 0.25) is 0 Å². The lowest BCUT2D eigenvalue weighted by Crippen LogP contribution is -2.15. The molecular formula is C22H29BrN2O4. The first-order valence-electron chi connectivity index (χ1n) is 9.98. The molecule has 0 aromatic heterocycles. The van der Waals surface area contributed by atoms with Crippen LogP contribution in [0.15, 0.2) is 40.9 Å². The van der Waals surface area contributed by atoms with E-state index in [4.69, 9.17) is 9.47 Å². The maximum atomic E-state index is 10.7. The van der Waals surface area contributed by atoms with Crippen molar-refractivity contribution in [1.29, 1.82) is 0 Å². The summed E-state index contributed by atoms with van der Waals surface area (Å²) in [6.07, 6.45) is 6.32.